The van der Waals surface area contributed by atoms with E-state index >= 15 is 0 Å². The first-order chi connectivity index (χ1) is 32.0. The monoisotopic (exact) mass is 937 g/mol. The van der Waals surface area contributed by atoms with Gasteiger partial charge in [0, 0.05) is 68.5 Å². The van der Waals surface area contributed by atoms with E-state index in [1.54, 1.807) is 18.3 Å². The van der Waals surface area contributed by atoms with Crippen LogP contribution in [0.4, 0.5) is 28.7 Å². The quantitative estimate of drug-likeness (QED) is 0.0831. The molecule has 1 unspecified atom stereocenters. The number of hydrogen-bond donors (Lipinski definition) is 3. The molecule has 0 bridgehead atoms. The number of anilines is 4. The van der Waals surface area contributed by atoms with Crippen LogP contribution in [0.3, 0.4) is 0 Å². The van der Waals surface area contributed by atoms with Gasteiger partial charge in [-0.3, -0.25) is 19.8 Å². The summed E-state index contributed by atoms with van der Waals surface area (Å²) in [4.78, 5) is 45.0. The number of halogens is 1. The van der Waals surface area contributed by atoms with Crippen LogP contribution in [0.2, 0.25) is 5.02 Å². The lowest BCUT2D eigenvalue weighted by Gasteiger charge is -2.47. The van der Waals surface area contributed by atoms with Crippen LogP contribution in [-0.4, -0.2) is 117 Å². The molecule has 1 atom stereocenters. The Morgan fingerprint density at radius 1 is 0.955 bits per heavy atom. The van der Waals surface area contributed by atoms with E-state index in [9.17, 15) is 23.3 Å². The minimum Gasteiger partial charge on any atom is -0.476 e. The van der Waals surface area contributed by atoms with Crippen molar-refractivity contribution in [1.29, 1.82) is 0 Å². The lowest BCUT2D eigenvalue weighted by Crippen LogP contribution is -2.47. The van der Waals surface area contributed by atoms with E-state index in [4.69, 9.17) is 35.8 Å². The first kappa shape index (κ1) is 44.1. The van der Waals surface area contributed by atoms with Crippen LogP contribution >= 0.6 is 11.6 Å². The lowest BCUT2D eigenvalue weighted by atomic mass is 9.59. The van der Waals surface area contributed by atoms with Crippen LogP contribution < -0.4 is 24.6 Å². The molecule has 6 heterocycles. The molecular weight excluding hydrogens is 886 g/mol. The van der Waals surface area contributed by atoms with E-state index in [-0.39, 0.29) is 29.7 Å². The number of carbonyl (C=O) groups excluding carboxylic acids is 1. The summed E-state index contributed by atoms with van der Waals surface area (Å²) < 4.78 is 47.2. The first-order valence-corrected chi connectivity index (χ1v) is 24.5. The number of amides is 1. The van der Waals surface area contributed by atoms with E-state index in [2.05, 4.69) is 37.0 Å². The van der Waals surface area contributed by atoms with Crippen molar-refractivity contribution < 1.29 is 32.3 Å². The average Bonchev–Trinajstić information content (AvgIpc) is 3.68. The van der Waals surface area contributed by atoms with Crippen LogP contribution in [0.5, 0.6) is 5.88 Å². The number of nitro groups is 1. The molecular formula is C47H52ClN9O8S. The highest BCUT2D eigenvalue weighted by Gasteiger charge is 2.41. The standard InChI is InChI=1S/C47H52ClN9O8S/c48-34-5-3-31(4-6-34)38-27-47(13-1-14-47)15-11-33(38)29-54-18-20-55(21-19-54)42-10-8-37(44(51-42)56-17-2-22-65-46-41(56)25-32-12-16-49-43(32)52-46)45(58)53-66(61,62)36-7-9-39(40(26-36)57(59)60)50-28-35-30-63-23-24-64-35/h3-10,12,16,25-26,35,50H,1-2,11,13-15,17-24,27-30H2,(H,49,52)(H,53,58). The highest BCUT2D eigenvalue weighted by molar-refractivity contribution is 7.90. The predicted octanol–water partition coefficient (Wildman–Crippen LogP) is 7.32. The Hall–Kier alpha value is -5.79. The Balaban J connectivity index is 0.916. The fourth-order valence-corrected chi connectivity index (χ4v) is 11.0. The number of aromatic amines is 1. The van der Waals surface area contributed by atoms with Gasteiger partial charge < -0.3 is 34.3 Å². The number of pyridine rings is 2. The number of nitrogens with zero attached hydrogens (tertiary/aromatic N) is 6. The topological polar surface area (TPSA) is 197 Å². The molecule has 3 fully saturated rings. The van der Waals surface area contributed by atoms with Gasteiger partial charge in [0.2, 0.25) is 5.88 Å². The Labute approximate surface area is 387 Å². The van der Waals surface area contributed by atoms with Crippen molar-refractivity contribution in [2.24, 2.45) is 5.41 Å². The van der Waals surface area contributed by atoms with Crippen molar-refractivity contribution in [3.05, 3.63) is 105 Å². The van der Waals surface area contributed by atoms with Gasteiger partial charge in [0.15, 0.2) is 0 Å². The molecule has 19 heteroatoms. The zero-order valence-corrected chi connectivity index (χ0v) is 38.0. The molecule has 5 aliphatic rings. The van der Waals surface area contributed by atoms with Crippen LogP contribution in [0.15, 0.2) is 83.4 Å². The average molecular weight is 939 g/mol. The Morgan fingerprint density at radius 3 is 2.55 bits per heavy atom. The van der Waals surface area contributed by atoms with Gasteiger partial charge in [0.1, 0.15) is 28.7 Å². The van der Waals surface area contributed by atoms with E-state index in [0.717, 1.165) is 49.0 Å². The maximum Gasteiger partial charge on any atom is 0.293 e. The van der Waals surface area contributed by atoms with E-state index < -0.39 is 31.4 Å². The second-order valence-electron chi connectivity index (χ2n) is 17.8. The molecule has 0 radical (unpaired) electrons. The van der Waals surface area contributed by atoms with Gasteiger partial charge in [-0.1, -0.05) is 35.7 Å². The smallest absolute Gasteiger partial charge is 0.293 e. The van der Waals surface area contributed by atoms with Crippen LogP contribution in [0.1, 0.15) is 60.9 Å². The Kier molecular flexibility index (Phi) is 12.3. The van der Waals surface area contributed by atoms with E-state index in [1.165, 1.54) is 54.5 Å². The van der Waals surface area contributed by atoms with Crippen molar-refractivity contribution in [3.8, 4) is 5.88 Å². The molecule has 5 aromatic rings. The highest BCUT2D eigenvalue weighted by atomic mass is 35.5. The van der Waals surface area contributed by atoms with Gasteiger partial charge in [0.25, 0.3) is 21.6 Å². The fraction of sp³-hybridized carbons (Fsp3) is 0.426. The van der Waals surface area contributed by atoms with Crippen molar-refractivity contribution in [1.82, 2.24) is 24.6 Å². The summed E-state index contributed by atoms with van der Waals surface area (Å²) in [6, 6.07) is 18.9. The van der Waals surface area contributed by atoms with Gasteiger partial charge in [-0.15, -0.1) is 0 Å². The molecule has 3 N–H and O–H groups in total. The van der Waals surface area contributed by atoms with Crippen molar-refractivity contribution in [2.75, 3.05) is 87.4 Å². The van der Waals surface area contributed by atoms with Gasteiger partial charge in [-0.05, 0) is 104 Å². The highest BCUT2D eigenvalue weighted by Crippen LogP contribution is 2.55. The number of carbonyl (C=O) groups is 1. The lowest BCUT2D eigenvalue weighted by molar-refractivity contribution is -0.384. The van der Waals surface area contributed by atoms with Crippen molar-refractivity contribution in [3.63, 3.8) is 0 Å². The Bertz CT molecular complexity index is 2780. The number of benzene rings is 2. The molecule has 1 amide bonds. The molecule has 66 heavy (non-hydrogen) atoms. The van der Waals surface area contributed by atoms with Gasteiger partial charge in [-0.25, -0.2) is 18.1 Å². The SMILES string of the molecule is O=C(NS(=O)(=O)c1ccc(NCC2COCCO2)c([N+](=O)[O-])c1)c1ccc(N2CCN(CC3=C(c4ccc(Cl)cc4)CC4(CCC4)CC3)CC2)nc1N1CCCOc2nc3[nH]ccc3cc21. The van der Waals surface area contributed by atoms with E-state index in [1.807, 2.05) is 29.2 Å². The molecule has 3 aliphatic heterocycles. The number of fused-ring (bicyclic) bond motifs is 2. The van der Waals surface area contributed by atoms with E-state index in [0.29, 0.717) is 80.9 Å². The summed E-state index contributed by atoms with van der Waals surface area (Å²) in [5.41, 5.74) is 5.51. The third-order valence-electron chi connectivity index (χ3n) is 13.7. The molecule has 1 spiro atoms. The van der Waals surface area contributed by atoms with Gasteiger partial charge >= 0.3 is 0 Å². The summed E-state index contributed by atoms with van der Waals surface area (Å²) in [7, 11) is -4.62. The molecule has 17 nitrogen and oxygen atoms in total. The van der Waals surface area contributed by atoms with Gasteiger partial charge in [0.05, 0.1) is 47.9 Å². The summed E-state index contributed by atoms with van der Waals surface area (Å²) in [5, 5.41) is 16.7. The van der Waals surface area contributed by atoms with Crippen molar-refractivity contribution >= 4 is 72.8 Å². The molecule has 346 valence electrons. The number of rotatable bonds is 12. The molecule has 3 aromatic heterocycles. The number of H-pyrrole nitrogens is 1. The normalized spacial score (nSPS) is 20.0. The summed E-state index contributed by atoms with van der Waals surface area (Å²) in [6.07, 6.45) is 9.38. The molecule has 2 aromatic carbocycles. The number of nitro benzene ring substituents is 1. The van der Waals surface area contributed by atoms with Gasteiger partial charge in [-0.2, -0.15) is 4.98 Å². The predicted molar refractivity (Wildman–Crippen MR) is 251 cm³/mol. The minimum absolute atomic E-state index is 0.00587. The minimum atomic E-state index is -4.62. The molecule has 2 aliphatic carbocycles. The van der Waals surface area contributed by atoms with Crippen LogP contribution in [0, 0.1) is 15.5 Å². The Morgan fingerprint density at radius 2 is 1.79 bits per heavy atom. The molecule has 1 saturated carbocycles. The fourth-order valence-electron chi connectivity index (χ4n) is 9.87. The van der Waals surface area contributed by atoms with Crippen LogP contribution in [0.25, 0.3) is 16.6 Å². The third-order valence-corrected chi connectivity index (χ3v) is 15.2. The summed E-state index contributed by atoms with van der Waals surface area (Å²) in [6.45, 7) is 6.05. The maximum absolute atomic E-state index is 14.3. The number of hydrogen-bond acceptors (Lipinski definition) is 14. The third kappa shape index (κ3) is 9.16. The second kappa shape index (κ2) is 18.5. The zero-order valence-electron chi connectivity index (χ0n) is 36.5. The largest absolute Gasteiger partial charge is 0.476 e. The maximum atomic E-state index is 14.3. The number of sulfonamides is 1. The number of ether oxygens (including phenoxy) is 3. The number of allylic oxidation sites excluding steroid dienone is 1. The zero-order chi connectivity index (χ0) is 45.4. The summed E-state index contributed by atoms with van der Waals surface area (Å²) >= 11 is 6.30. The number of aromatic nitrogens is 3. The van der Waals surface area contributed by atoms with Crippen molar-refractivity contribution in [2.45, 2.75) is 55.9 Å². The number of piperazine rings is 1. The number of nitrogens with one attached hydrogen (secondary N) is 3. The molecule has 2 saturated heterocycles. The van der Waals surface area contributed by atoms with Crippen LogP contribution in [-0.2, 0) is 19.5 Å². The molecule has 10 rings (SSSR count). The first-order valence-electron chi connectivity index (χ1n) is 22.6. The summed E-state index contributed by atoms with van der Waals surface area (Å²) in [5.74, 6) is 0.275. The second-order valence-corrected chi connectivity index (χ2v) is 19.9.